The second-order valence-corrected chi connectivity index (χ2v) is 9.02. The summed E-state index contributed by atoms with van der Waals surface area (Å²) >= 11 is 7.37. The van der Waals surface area contributed by atoms with Gasteiger partial charge in [0.05, 0.1) is 12.7 Å². The standard InChI is InChI=1S/C25H22ClN3O4S/c1-4-11-33-19-10-7-16(12-20(19)32-3)18-13-21(30)27-23-22(18)24(31)28-25(29(23)2)34-14-15-5-8-17(26)9-6-15/h1,5-10,12,18H,11,13-14H2,2-3H3,(H,27,30). The van der Waals surface area contributed by atoms with Crippen molar-refractivity contribution >= 4 is 35.1 Å². The molecule has 2 heterocycles. The molecule has 1 aromatic heterocycles. The zero-order valence-corrected chi connectivity index (χ0v) is 20.2. The first-order chi connectivity index (χ1) is 16.4. The highest BCUT2D eigenvalue weighted by Gasteiger charge is 2.32. The predicted octanol–water partition coefficient (Wildman–Crippen LogP) is 4.22. The molecule has 4 rings (SSSR count). The first-order valence-electron chi connectivity index (χ1n) is 10.4. The van der Waals surface area contributed by atoms with Crippen LogP contribution in [0.25, 0.3) is 0 Å². The lowest BCUT2D eigenvalue weighted by molar-refractivity contribution is -0.116. The third kappa shape index (κ3) is 4.91. The fourth-order valence-electron chi connectivity index (χ4n) is 3.82. The molecule has 1 unspecified atom stereocenters. The third-order valence-corrected chi connectivity index (χ3v) is 6.84. The van der Waals surface area contributed by atoms with Gasteiger partial charge < -0.3 is 19.4 Å². The van der Waals surface area contributed by atoms with Crippen LogP contribution >= 0.6 is 23.4 Å². The molecule has 1 N–H and O–H groups in total. The smallest absolute Gasteiger partial charge is 0.279 e. The van der Waals surface area contributed by atoms with Gasteiger partial charge in [-0.25, -0.2) is 0 Å². The van der Waals surface area contributed by atoms with Gasteiger partial charge in [0.25, 0.3) is 5.56 Å². The van der Waals surface area contributed by atoms with Crippen molar-refractivity contribution in [1.82, 2.24) is 9.55 Å². The molecule has 0 spiro atoms. The average Bonchev–Trinajstić information content (AvgIpc) is 2.84. The van der Waals surface area contributed by atoms with Crippen molar-refractivity contribution in [1.29, 1.82) is 0 Å². The largest absolute Gasteiger partial charge is 0.493 e. The molecule has 0 saturated heterocycles. The van der Waals surface area contributed by atoms with E-state index in [9.17, 15) is 9.59 Å². The van der Waals surface area contributed by atoms with Gasteiger partial charge in [0.1, 0.15) is 12.4 Å². The zero-order valence-electron chi connectivity index (χ0n) is 18.6. The van der Waals surface area contributed by atoms with Crippen molar-refractivity contribution in [3.05, 3.63) is 74.5 Å². The van der Waals surface area contributed by atoms with Crippen LogP contribution in [0.15, 0.2) is 52.4 Å². The summed E-state index contributed by atoms with van der Waals surface area (Å²) in [5.41, 5.74) is 1.87. The van der Waals surface area contributed by atoms with Crippen LogP contribution < -0.4 is 20.3 Å². The van der Waals surface area contributed by atoms with E-state index in [0.717, 1.165) is 11.1 Å². The number of nitrogens with zero attached hydrogens (tertiary/aromatic N) is 2. The van der Waals surface area contributed by atoms with E-state index in [2.05, 4.69) is 16.2 Å². The van der Waals surface area contributed by atoms with E-state index in [0.29, 0.717) is 38.8 Å². The number of fused-ring (bicyclic) bond motifs is 1. The van der Waals surface area contributed by atoms with Crippen LogP contribution in [0.2, 0.25) is 5.02 Å². The molecule has 0 bridgehead atoms. The Kier molecular flexibility index (Phi) is 7.15. The summed E-state index contributed by atoms with van der Waals surface area (Å²) in [6, 6.07) is 12.8. The SMILES string of the molecule is C#CCOc1ccc(C2CC(=O)Nc3c2c(=O)nc(SCc2ccc(Cl)cc2)n3C)cc1OC. The number of rotatable bonds is 7. The minimum Gasteiger partial charge on any atom is -0.493 e. The van der Waals surface area contributed by atoms with Gasteiger partial charge in [-0.05, 0) is 35.4 Å². The van der Waals surface area contributed by atoms with E-state index < -0.39 is 5.92 Å². The maximum absolute atomic E-state index is 13.2. The Bertz CT molecular complexity index is 1330. The lowest BCUT2D eigenvalue weighted by atomic mass is 9.86. The number of thioether (sulfide) groups is 1. The Morgan fingerprint density at radius 3 is 2.71 bits per heavy atom. The molecule has 34 heavy (non-hydrogen) atoms. The van der Waals surface area contributed by atoms with Gasteiger partial charge in [0, 0.05) is 30.2 Å². The summed E-state index contributed by atoms with van der Waals surface area (Å²) < 4.78 is 12.7. The molecule has 174 valence electrons. The molecule has 1 amide bonds. The van der Waals surface area contributed by atoms with Gasteiger partial charge in [-0.1, -0.05) is 47.5 Å². The second kappa shape index (κ2) is 10.2. The van der Waals surface area contributed by atoms with Gasteiger partial charge in [-0.2, -0.15) is 4.98 Å². The quantitative estimate of drug-likeness (QED) is 0.300. The fraction of sp³-hybridized carbons (Fsp3) is 0.240. The Hall–Kier alpha value is -3.41. The highest BCUT2D eigenvalue weighted by molar-refractivity contribution is 7.98. The normalized spacial score (nSPS) is 14.6. The number of carbonyl (C=O) groups excluding carboxylic acids is 1. The number of nitrogens with one attached hydrogen (secondary N) is 1. The first-order valence-corrected chi connectivity index (χ1v) is 11.8. The molecule has 0 saturated carbocycles. The number of ether oxygens (including phenoxy) is 2. The van der Waals surface area contributed by atoms with Gasteiger partial charge in [-0.3, -0.25) is 9.59 Å². The molecule has 1 aliphatic heterocycles. The van der Waals surface area contributed by atoms with Crippen LogP contribution in [-0.2, 0) is 17.6 Å². The summed E-state index contributed by atoms with van der Waals surface area (Å²) in [7, 11) is 3.31. The third-order valence-electron chi connectivity index (χ3n) is 5.48. The van der Waals surface area contributed by atoms with E-state index in [4.69, 9.17) is 27.5 Å². The molecule has 7 nitrogen and oxygen atoms in total. The molecule has 0 aliphatic carbocycles. The highest BCUT2D eigenvalue weighted by atomic mass is 35.5. The minimum atomic E-state index is -0.471. The molecule has 0 fully saturated rings. The molecule has 1 aliphatic rings. The summed E-state index contributed by atoms with van der Waals surface area (Å²) in [5.74, 6) is 3.78. The summed E-state index contributed by atoms with van der Waals surface area (Å²) in [4.78, 5) is 30.1. The molecule has 3 aromatic rings. The molecule has 2 aromatic carbocycles. The maximum Gasteiger partial charge on any atom is 0.279 e. The van der Waals surface area contributed by atoms with Gasteiger partial charge in [0.2, 0.25) is 5.91 Å². The average molecular weight is 496 g/mol. The number of halogens is 1. The van der Waals surface area contributed by atoms with Crippen molar-refractivity contribution in [3.8, 4) is 23.8 Å². The maximum atomic E-state index is 13.2. The van der Waals surface area contributed by atoms with E-state index in [-0.39, 0.29) is 24.5 Å². The Labute approximate surface area is 206 Å². The number of carbonyl (C=O) groups is 1. The lowest BCUT2D eigenvalue weighted by Crippen LogP contribution is -2.33. The Morgan fingerprint density at radius 2 is 2.00 bits per heavy atom. The highest BCUT2D eigenvalue weighted by Crippen LogP contribution is 2.39. The molecule has 9 heteroatoms. The first kappa shape index (κ1) is 23.7. The number of hydrogen-bond donors (Lipinski definition) is 1. The van der Waals surface area contributed by atoms with Gasteiger partial charge in [0.15, 0.2) is 16.7 Å². The number of terminal acetylenes is 1. The van der Waals surface area contributed by atoms with E-state index in [1.165, 1.54) is 18.9 Å². The van der Waals surface area contributed by atoms with Crippen molar-refractivity contribution < 1.29 is 14.3 Å². The van der Waals surface area contributed by atoms with Crippen molar-refractivity contribution in [2.45, 2.75) is 23.2 Å². The summed E-state index contributed by atoms with van der Waals surface area (Å²) in [6.45, 7) is 0.102. The number of hydrogen-bond acceptors (Lipinski definition) is 6. The topological polar surface area (TPSA) is 82.5 Å². The zero-order chi connectivity index (χ0) is 24.2. The number of methoxy groups -OCH3 is 1. The van der Waals surface area contributed by atoms with Crippen LogP contribution in [0, 0.1) is 12.3 Å². The van der Waals surface area contributed by atoms with Crippen LogP contribution in [0.3, 0.4) is 0 Å². The Balaban J connectivity index is 1.69. The molecule has 0 radical (unpaired) electrons. The van der Waals surface area contributed by atoms with Crippen molar-refractivity contribution in [2.24, 2.45) is 7.05 Å². The minimum absolute atomic E-state index is 0.102. The number of benzene rings is 2. The van der Waals surface area contributed by atoms with Gasteiger partial charge >= 0.3 is 0 Å². The van der Waals surface area contributed by atoms with E-state index in [1.807, 2.05) is 30.3 Å². The lowest BCUT2D eigenvalue weighted by Gasteiger charge is -2.28. The Morgan fingerprint density at radius 1 is 1.24 bits per heavy atom. The van der Waals surface area contributed by atoms with Crippen LogP contribution in [0.5, 0.6) is 11.5 Å². The van der Waals surface area contributed by atoms with Crippen molar-refractivity contribution in [3.63, 3.8) is 0 Å². The van der Waals surface area contributed by atoms with E-state index >= 15 is 0 Å². The van der Waals surface area contributed by atoms with Crippen LogP contribution in [0.1, 0.15) is 29.0 Å². The molecular weight excluding hydrogens is 474 g/mol. The monoisotopic (exact) mass is 495 g/mol. The number of amides is 1. The number of aromatic nitrogens is 2. The van der Waals surface area contributed by atoms with Crippen molar-refractivity contribution in [2.75, 3.05) is 19.0 Å². The fourth-order valence-corrected chi connectivity index (χ4v) is 4.86. The molecular formula is C25H22ClN3O4S. The summed E-state index contributed by atoms with van der Waals surface area (Å²) in [5, 5.41) is 4.03. The van der Waals surface area contributed by atoms with E-state index in [1.54, 1.807) is 23.7 Å². The van der Waals surface area contributed by atoms with Crippen LogP contribution in [-0.4, -0.2) is 29.2 Å². The number of anilines is 1. The second-order valence-electron chi connectivity index (χ2n) is 7.64. The summed E-state index contributed by atoms with van der Waals surface area (Å²) in [6.07, 6.45) is 5.40. The predicted molar refractivity (Wildman–Crippen MR) is 133 cm³/mol. The van der Waals surface area contributed by atoms with Crippen LogP contribution in [0.4, 0.5) is 5.82 Å². The van der Waals surface area contributed by atoms with Gasteiger partial charge in [-0.15, -0.1) is 6.42 Å². The molecule has 1 atom stereocenters.